The normalized spacial score (nSPS) is 10.5. The van der Waals surface area contributed by atoms with E-state index >= 15 is 0 Å². The third kappa shape index (κ3) is 6.36. The Labute approximate surface area is 152 Å². The van der Waals surface area contributed by atoms with Gasteiger partial charge in [0, 0.05) is 26.8 Å². The van der Waals surface area contributed by atoms with Crippen LogP contribution in [0, 0.1) is 5.82 Å². The topological polar surface area (TPSA) is 41.6 Å². The van der Waals surface area contributed by atoms with Gasteiger partial charge in [0.1, 0.15) is 5.82 Å². The van der Waals surface area contributed by atoms with E-state index in [1.54, 1.807) is 12.0 Å². The summed E-state index contributed by atoms with van der Waals surface area (Å²) >= 11 is 5.99. The number of hydrogen-bond donors (Lipinski definition) is 1. The Kier molecular flexibility index (Phi) is 7.70. The molecule has 0 unspecified atom stereocenters. The van der Waals surface area contributed by atoms with Crippen LogP contribution in [-0.2, 0) is 11.3 Å². The van der Waals surface area contributed by atoms with Crippen molar-refractivity contribution in [3.8, 4) is 0 Å². The Hall–Kier alpha value is -2.11. The molecule has 0 saturated heterocycles. The van der Waals surface area contributed by atoms with Crippen molar-refractivity contribution in [3.63, 3.8) is 0 Å². The third-order valence-electron chi connectivity index (χ3n) is 3.70. The van der Waals surface area contributed by atoms with Gasteiger partial charge in [-0.05, 0) is 36.6 Å². The van der Waals surface area contributed by atoms with Crippen LogP contribution in [0.2, 0.25) is 5.02 Å². The summed E-state index contributed by atoms with van der Waals surface area (Å²) in [5, 5.41) is 2.93. The molecule has 2 amide bonds. The maximum Gasteiger partial charge on any atom is 0.322 e. The Balaban J connectivity index is 2.05. The molecule has 0 aliphatic rings. The first-order chi connectivity index (χ1) is 12.1. The number of benzene rings is 2. The predicted molar refractivity (Wildman–Crippen MR) is 98.4 cm³/mol. The molecule has 2 rings (SSSR count). The number of amides is 2. The number of unbranched alkanes of at least 4 members (excludes halogenated alkanes) is 1. The van der Waals surface area contributed by atoms with Gasteiger partial charge in [-0.25, -0.2) is 9.18 Å². The second-order valence-corrected chi connectivity index (χ2v) is 6.07. The lowest BCUT2D eigenvalue weighted by Gasteiger charge is -2.23. The molecular weight excluding hydrogens is 343 g/mol. The van der Waals surface area contributed by atoms with E-state index in [0.717, 1.165) is 18.4 Å². The van der Waals surface area contributed by atoms with Crippen LogP contribution in [0.3, 0.4) is 0 Å². The first-order valence-electron chi connectivity index (χ1n) is 8.14. The SMILES string of the molecule is COCCCCN(Cc1ccccc1)C(=O)Nc1ccc(F)cc1Cl. The molecule has 0 spiro atoms. The maximum absolute atomic E-state index is 13.2. The Bertz CT molecular complexity index is 682. The zero-order chi connectivity index (χ0) is 18.1. The van der Waals surface area contributed by atoms with E-state index in [2.05, 4.69) is 5.32 Å². The summed E-state index contributed by atoms with van der Waals surface area (Å²) in [5.74, 6) is -0.441. The molecule has 0 aromatic heterocycles. The fourth-order valence-corrected chi connectivity index (χ4v) is 2.60. The Morgan fingerprint density at radius 3 is 2.64 bits per heavy atom. The van der Waals surface area contributed by atoms with Gasteiger partial charge in [-0.15, -0.1) is 0 Å². The van der Waals surface area contributed by atoms with Gasteiger partial charge < -0.3 is 15.0 Å². The van der Waals surface area contributed by atoms with Gasteiger partial charge >= 0.3 is 6.03 Å². The molecule has 1 N–H and O–H groups in total. The van der Waals surface area contributed by atoms with E-state index < -0.39 is 5.82 Å². The molecule has 0 aliphatic heterocycles. The summed E-state index contributed by atoms with van der Waals surface area (Å²) in [7, 11) is 1.66. The summed E-state index contributed by atoms with van der Waals surface area (Å²) in [6, 6.07) is 13.4. The first-order valence-corrected chi connectivity index (χ1v) is 8.52. The molecule has 4 nitrogen and oxygen atoms in total. The van der Waals surface area contributed by atoms with Gasteiger partial charge in [0.2, 0.25) is 0 Å². The van der Waals surface area contributed by atoms with Crippen molar-refractivity contribution < 1.29 is 13.9 Å². The maximum atomic E-state index is 13.2. The van der Waals surface area contributed by atoms with Gasteiger partial charge in [0.15, 0.2) is 0 Å². The molecule has 0 atom stereocenters. The van der Waals surface area contributed by atoms with Gasteiger partial charge in [0.05, 0.1) is 10.7 Å². The van der Waals surface area contributed by atoms with Crippen molar-refractivity contribution in [1.82, 2.24) is 4.90 Å². The number of anilines is 1. The number of ether oxygens (including phenoxy) is 1. The lowest BCUT2D eigenvalue weighted by Crippen LogP contribution is -2.35. The second kappa shape index (κ2) is 10.0. The predicted octanol–water partition coefficient (Wildman–Crippen LogP) is 4.94. The Morgan fingerprint density at radius 2 is 1.96 bits per heavy atom. The molecule has 25 heavy (non-hydrogen) atoms. The number of carbonyl (C=O) groups is 1. The quantitative estimate of drug-likeness (QED) is 0.674. The molecule has 0 saturated carbocycles. The fourth-order valence-electron chi connectivity index (χ4n) is 2.39. The molecule has 0 fully saturated rings. The Morgan fingerprint density at radius 1 is 1.20 bits per heavy atom. The zero-order valence-electron chi connectivity index (χ0n) is 14.2. The molecule has 2 aromatic carbocycles. The van der Waals surface area contributed by atoms with Crippen molar-refractivity contribution in [2.75, 3.05) is 25.6 Å². The summed E-state index contributed by atoms with van der Waals surface area (Å²) in [5.41, 5.74) is 1.43. The molecule has 0 aliphatic carbocycles. The number of hydrogen-bond acceptors (Lipinski definition) is 2. The number of methoxy groups -OCH3 is 1. The van der Waals surface area contributed by atoms with E-state index in [4.69, 9.17) is 16.3 Å². The number of urea groups is 1. The van der Waals surface area contributed by atoms with Gasteiger partial charge in [0.25, 0.3) is 0 Å². The van der Waals surface area contributed by atoms with Gasteiger partial charge in [-0.1, -0.05) is 41.9 Å². The highest BCUT2D eigenvalue weighted by Crippen LogP contribution is 2.23. The van der Waals surface area contributed by atoms with E-state index in [0.29, 0.717) is 25.4 Å². The second-order valence-electron chi connectivity index (χ2n) is 5.66. The summed E-state index contributed by atoms with van der Waals surface area (Å²) in [6.45, 7) is 1.73. The smallest absolute Gasteiger partial charge is 0.322 e. The van der Waals surface area contributed by atoms with E-state index in [1.807, 2.05) is 30.3 Å². The fraction of sp³-hybridized carbons (Fsp3) is 0.316. The highest BCUT2D eigenvalue weighted by atomic mass is 35.5. The lowest BCUT2D eigenvalue weighted by molar-refractivity contribution is 0.182. The van der Waals surface area contributed by atoms with E-state index in [9.17, 15) is 9.18 Å². The van der Waals surface area contributed by atoms with Crippen molar-refractivity contribution in [2.45, 2.75) is 19.4 Å². The average Bonchev–Trinajstić information content (AvgIpc) is 2.61. The van der Waals surface area contributed by atoms with Crippen LogP contribution in [0.5, 0.6) is 0 Å². The van der Waals surface area contributed by atoms with Crippen molar-refractivity contribution in [3.05, 3.63) is 64.9 Å². The summed E-state index contributed by atoms with van der Waals surface area (Å²) < 4.78 is 18.2. The molecule has 0 radical (unpaired) electrons. The minimum absolute atomic E-state index is 0.174. The van der Waals surface area contributed by atoms with Crippen LogP contribution in [0.4, 0.5) is 14.9 Å². The van der Waals surface area contributed by atoms with Crippen molar-refractivity contribution >= 4 is 23.3 Å². The van der Waals surface area contributed by atoms with Crippen LogP contribution < -0.4 is 5.32 Å². The highest BCUT2D eigenvalue weighted by molar-refractivity contribution is 6.33. The van der Waals surface area contributed by atoms with Crippen LogP contribution in [0.25, 0.3) is 0 Å². The first kappa shape index (κ1) is 19.2. The van der Waals surface area contributed by atoms with Gasteiger partial charge in [-0.3, -0.25) is 0 Å². The number of rotatable bonds is 8. The van der Waals surface area contributed by atoms with Gasteiger partial charge in [-0.2, -0.15) is 0 Å². The van der Waals surface area contributed by atoms with E-state index in [-0.39, 0.29) is 11.1 Å². The van der Waals surface area contributed by atoms with Crippen LogP contribution in [0.15, 0.2) is 48.5 Å². The number of nitrogens with zero attached hydrogens (tertiary/aromatic N) is 1. The van der Waals surface area contributed by atoms with E-state index in [1.165, 1.54) is 18.2 Å². The molecule has 0 bridgehead atoms. The largest absolute Gasteiger partial charge is 0.385 e. The minimum atomic E-state index is -0.441. The molecular formula is C19H22ClFN2O2. The van der Waals surface area contributed by atoms with Crippen LogP contribution in [0.1, 0.15) is 18.4 Å². The average molecular weight is 365 g/mol. The molecule has 0 heterocycles. The minimum Gasteiger partial charge on any atom is -0.385 e. The number of nitrogens with one attached hydrogen (secondary N) is 1. The monoisotopic (exact) mass is 364 g/mol. The zero-order valence-corrected chi connectivity index (χ0v) is 14.9. The molecule has 2 aromatic rings. The van der Waals surface area contributed by atoms with Crippen molar-refractivity contribution in [1.29, 1.82) is 0 Å². The summed E-state index contributed by atoms with van der Waals surface area (Å²) in [6.07, 6.45) is 1.69. The third-order valence-corrected chi connectivity index (χ3v) is 4.02. The number of carbonyl (C=O) groups excluding carboxylic acids is 1. The van der Waals surface area contributed by atoms with Crippen LogP contribution in [-0.4, -0.2) is 31.2 Å². The van der Waals surface area contributed by atoms with Crippen molar-refractivity contribution in [2.24, 2.45) is 0 Å². The summed E-state index contributed by atoms with van der Waals surface area (Å²) in [4.78, 5) is 14.4. The standard InChI is InChI=1S/C19H22ClFN2O2/c1-25-12-6-5-11-23(14-15-7-3-2-4-8-15)19(24)22-18-10-9-16(21)13-17(18)20/h2-4,7-10,13H,5-6,11-12,14H2,1H3,(H,22,24). The molecule has 134 valence electrons. The molecule has 6 heteroatoms. The number of halogens is 2. The highest BCUT2D eigenvalue weighted by Gasteiger charge is 2.15. The lowest BCUT2D eigenvalue weighted by atomic mass is 10.2. The van der Waals surface area contributed by atoms with Crippen LogP contribution >= 0.6 is 11.6 Å².